The van der Waals surface area contributed by atoms with Crippen molar-refractivity contribution in [1.29, 1.82) is 0 Å². The maximum Gasteiger partial charge on any atom is 0.0931 e. The van der Waals surface area contributed by atoms with Crippen LogP contribution in [0.25, 0.3) is 0 Å². The molecule has 0 amide bonds. The summed E-state index contributed by atoms with van der Waals surface area (Å²) in [7, 11) is 0. The Kier molecular flexibility index (Phi) is 5.53. The van der Waals surface area contributed by atoms with Crippen molar-refractivity contribution in [3.8, 4) is 0 Å². The van der Waals surface area contributed by atoms with Crippen LogP contribution < -0.4 is 5.32 Å². The Bertz CT molecular complexity index is 361. The van der Waals surface area contributed by atoms with Gasteiger partial charge in [0, 0.05) is 4.88 Å². The molecular formula is C15H24ClNS. The molecule has 0 spiro atoms. The van der Waals surface area contributed by atoms with E-state index in [-0.39, 0.29) is 0 Å². The van der Waals surface area contributed by atoms with Gasteiger partial charge in [-0.3, -0.25) is 0 Å². The normalized spacial score (nSPS) is 24.7. The van der Waals surface area contributed by atoms with Crippen molar-refractivity contribution >= 4 is 22.9 Å². The lowest BCUT2D eigenvalue weighted by molar-refractivity contribution is 0.295. The second-order valence-electron chi connectivity index (χ2n) is 5.85. The number of hydrogen-bond donors (Lipinski definition) is 1. The van der Waals surface area contributed by atoms with Crippen LogP contribution in [0, 0.1) is 11.8 Å². The summed E-state index contributed by atoms with van der Waals surface area (Å²) in [5.41, 5.74) is 0. The topological polar surface area (TPSA) is 12.0 Å². The minimum atomic E-state index is 0.732. The Morgan fingerprint density at radius 3 is 2.78 bits per heavy atom. The molecule has 0 aliphatic heterocycles. The monoisotopic (exact) mass is 285 g/mol. The van der Waals surface area contributed by atoms with Gasteiger partial charge in [0.1, 0.15) is 0 Å². The van der Waals surface area contributed by atoms with Gasteiger partial charge in [-0.05, 0) is 55.8 Å². The van der Waals surface area contributed by atoms with Crippen LogP contribution in [0.3, 0.4) is 0 Å². The predicted octanol–water partition coefficient (Wildman–Crippen LogP) is 4.92. The largest absolute Gasteiger partial charge is 0.316 e. The van der Waals surface area contributed by atoms with Crippen LogP contribution in [0.2, 0.25) is 4.34 Å². The average Bonchev–Trinajstić information content (AvgIpc) is 2.76. The van der Waals surface area contributed by atoms with Crippen molar-refractivity contribution < 1.29 is 0 Å². The molecule has 1 aliphatic rings. The summed E-state index contributed by atoms with van der Waals surface area (Å²) >= 11 is 7.85. The van der Waals surface area contributed by atoms with Crippen molar-refractivity contribution in [3.05, 3.63) is 21.3 Å². The Labute approximate surface area is 120 Å². The van der Waals surface area contributed by atoms with Crippen LogP contribution in [-0.2, 0) is 0 Å². The van der Waals surface area contributed by atoms with E-state index >= 15 is 0 Å². The van der Waals surface area contributed by atoms with Gasteiger partial charge in [0.05, 0.1) is 4.34 Å². The van der Waals surface area contributed by atoms with E-state index in [2.05, 4.69) is 31.3 Å². The lowest BCUT2D eigenvalue weighted by Gasteiger charge is -2.31. The molecule has 0 saturated heterocycles. The molecule has 1 aromatic rings. The zero-order valence-corrected chi connectivity index (χ0v) is 13.0. The molecule has 1 fully saturated rings. The highest BCUT2D eigenvalue weighted by atomic mass is 35.5. The highest BCUT2D eigenvalue weighted by Crippen LogP contribution is 2.41. The van der Waals surface area contributed by atoms with Crippen LogP contribution in [0.5, 0.6) is 0 Å². The Morgan fingerprint density at radius 1 is 1.33 bits per heavy atom. The summed E-state index contributed by atoms with van der Waals surface area (Å²) in [4.78, 5) is 1.50. The summed E-state index contributed by atoms with van der Waals surface area (Å²) in [5.74, 6) is 2.27. The van der Waals surface area contributed by atoms with E-state index in [1.165, 1.54) is 37.1 Å². The van der Waals surface area contributed by atoms with Crippen molar-refractivity contribution in [2.75, 3.05) is 13.1 Å². The average molecular weight is 286 g/mol. The zero-order valence-electron chi connectivity index (χ0n) is 11.4. The number of nitrogens with one attached hydrogen (secondary N) is 1. The molecular weight excluding hydrogens is 262 g/mol. The summed E-state index contributed by atoms with van der Waals surface area (Å²) in [6.45, 7) is 6.83. The first-order valence-corrected chi connectivity index (χ1v) is 8.32. The van der Waals surface area contributed by atoms with E-state index in [4.69, 9.17) is 11.6 Å². The van der Waals surface area contributed by atoms with Crippen LogP contribution in [0.1, 0.15) is 50.3 Å². The van der Waals surface area contributed by atoms with Crippen LogP contribution in [0.4, 0.5) is 0 Å². The predicted molar refractivity (Wildman–Crippen MR) is 81.7 cm³/mol. The van der Waals surface area contributed by atoms with Gasteiger partial charge in [-0.15, -0.1) is 11.3 Å². The van der Waals surface area contributed by atoms with Crippen molar-refractivity contribution in [2.45, 2.75) is 45.4 Å². The summed E-state index contributed by atoms with van der Waals surface area (Å²) < 4.78 is 0.935. The molecule has 0 radical (unpaired) electrons. The lowest BCUT2D eigenvalue weighted by atomic mass is 9.78. The minimum absolute atomic E-state index is 0.732. The van der Waals surface area contributed by atoms with Crippen LogP contribution in [-0.4, -0.2) is 13.1 Å². The highest BCUT2D eigenvalue weighted by Gasteiger charge is 2.27. The smallest absolute Gasteiger partial charge is 0.0931 e. The van der Waals surface area contributed by atoms with E-state index in [0.717, 1.165) is 28.6 Å². The van der Waals surface area contributed by atoms with Gasteiger partial charge in [-0.2, -0.15) is 0 Å². The van der Waals surface area contributed by atoms with Crippen LogP contribution >= 0.6 is 22.9 Å². The molecule has 3 heteroatoms. The van der Waals surface area contributed by atoms with Crippen molar-refractivity contribution in [2.24, 2.45) is 11.8 Å². The number of rotatable bonds is 5. The molecule has 102 valence electrons. The number of hydrogen-bond acceptors (Lipinski definition) is 2. The summed E-state index contributed by atoms with van der Waals surface area (Å²) in [6.07, 6.45) is 5.47. The summed E-state index contributed by atoms with van der Waals surface area (Å²) in [6, 6.07) is 4.28. The first-order chi connectivity index (χ1) is 8.66. The number of thiophene rings is 1. The molecule has 2 unspecified atom stereocenters. The molecule has 1 aliphatic carbocycles. The molecule has 1 heterocycles. The van der Waals surface area contributed by atoms with E-state index in [1.54, 1.807) is 11.3 Å². The van der Waals surface area contributed by atoms with Crippen molar-refractivity contribution in [1.82, 2.24) is 5.32 Å². The van der Waals surface area contributed by atoms with Gasteiger partial charge in [-0.25, -0.2) is 0 Å². The van der Waals surface area contributed by atoms with Crippen molar-refractivity contribution in [3.63, 3.8) is 0 Å². The Balaban J connectivity index is 1.93. The fourth-order valence-corrected chi connectivity index (χ4v) is 4.20. The third-order valence-corrected chi connectivity index (χ3v) is 5.19. The third kappa shape index (κ3) is 3.97. The molecule has 1 nitrogen and oxygen atoms in total. The van der Waals surface area contributed by atoms with Gasteiger partial charge in [-0.1, -0.05) is 38.3 Å². The van der Waals surface area contributed by atoms with Gasteiger partial charge in [0.2, 0.25) is 0 Å². The third-order valence-electron chi connectivity index (χ3n) is 3.83. The van der Waals surface area contributed by atoms with Gasteiger partial charge in [0.25, 0.3) is 0 Å². The SMILES string of the molecule is CC(C)CNCC1CCCCC1c1ccc(Cl)s1. The van der Waals surface area contributed by atoms with Crippen LogP contribution in [0.15, 0.2) is 12.1 Å². The summed E-state index contributed by atoms with van der Waals surface area (Å²) in [5, 5.41) is 3.63. The lowest BCUT2D eigenvalue weighted by Crippen LogP contribution is -2.31. The molecule has 1 saturated carbocycles. The maximum absolute atomic E-state index is 6.08. The molecule has 1 N–H and O–H groups in total. The molecule has 2 atom stereocenters. The highest BCUT2D eigenvalue weighted by molar-refractivity contribution is 7.16. The van der Waals surface area contributed by atoms with E-state index in [0.29, 0.717) is 0 Å². The quantitative estimate of drug-likeness (QED) is 0.809. The molecule has 2 rings (SSSR count). The molecule has 0 bridgehead atoms. The molecule has 1 aromatic heterocycles. The Morgan fingerprint density at radius 2 is 2.11 bits per heavy atom. The second kappa shape index (κ2) is 6.93. The molecule has 0 aromatic carbocycles. The van der Waals surface area contributed by atoms with E-state index in [1.807, 2.05) is 0 Å². The maximum atomic E-state index is 6.08. The van der Waals surface area contributed by atoms with E-state index < -0.39 is 0 Å². The first-order valence-electron chi connectivity index (χ1n) is 7.12. The molecule has 18 heavy (non-hydrogen) atoms. The van der Waals surface area contributed by atoms with Gasteiger partial charge >= 0.3 is 0 Å². The number of halogens is 1. The fourth-order valence-electron chi connectivity index (χ4n) is 2.91. The zero-order chi connectivity index (χ0) is 13.0. The standard InChI is InChI=1S/C15H24ClNS/c1-11(2)9-17-10-12-5-3-4-6-13(12)14-7-8-15(16)18-14/h7-8,11-13,17H,3-6,9-10H2,1-2H3. The second-order valence-corrected chi connectivity index (χ2v) is 7.59. The Hall–Kier alpha value is -0.0500. The fraction of sp³-hybridized carbons (Fsp3) is 0.733. The van der Waals surface area contributed by atoms with E-state index in [9.17, 15) is 0 Å². The first kappa shape index (κ1) is 14.4. The van der Waals surface area contributed by atoms with Gasteiger partial charge in [0.15, 0.2) is 0 Å². The minimum Gasteiger partial charge on any atom is -0.316 e. The van der Waals surface area contributed by atoms with Gasteiger partial charge < -0.3 is 5.32 Å².